The van der Waals surface area contributed by atoms with E-state index in [1.54, 1.807) is 0 Å². The molecular formula is C29H33N3O4. The predicted molar refractivity (Wildman–Crippen MR) is 138 cm³/mol. The zero-order valence-corrected chi connectivity index (χ0v) is 20.8. The van der Waals surface area contributed by atoms with Crippen LogP contribution >= 0.6 is 0 Å². The first-order chi connectivity index (χ1) is 17.5. The number of aliphatic carboxylic acids is 1. The minimum atomic E-state index is -0.669. The number of likely N-dealkylation sites (tertiary alicyclic amines) is 1. The molecule has 1 aromatic heterocycles. The van der Waals surface area contributed by atoms with Gasteiger partial charge in [-0.2, -0.15) is 5.10 Å². The van der Waals surface area contributed by atoms with Crippen molar-refractivity contribution in [1.29, 1.82) is 0 Å². The number of rotatable bonds is 8. The van der Waals surface area contributed by atoms with Crippen LogP contribution in [0.1, 0.15) is 42.5 Å². The SMILES string of the molecule is Cc1nn(CC2CC2)c2ccc(COc3ccc4c(c3)OCC(CN3CCC(C(=O)O)CC3)=C4)cc12. The molecule has 3 aliphatic rings. The molecule has 0 spiro atoms. The summed E-state index contributed by atoms with van der Waals surface area (Å²) < 4.78 is 14.3. The Hall–Kier alpha value is -3.32. The van der Waals surface area contributed by atoms with E-state index in [2.05, 4.69) is 46.8 Å². The molecule has 2 fully saturated rings. The first-order valence-electron chi connectivity index (χ1n) is 13.0. The highest BCUT2D eigenvalue weighted by Gasteiger charge is 2.26. The molecule has 0 radical (unpaired) electrons. The number of aryl methyl sites for hydroxylation is 1. The Morgan fingerprint density at radius 1 is 1.14 bits per heavy atom. The third-order valence-corrected chi connectivity index (χ3v) is 7.65. The number of carboxylic acid groups (broad SMARTS) is 1. The third-order valence-electron chi connectivity index (χ3n) is 7.65. The predicted octanol–water partition coefficient (Wildman–Crippen LogP) is 4.91. The molecule has 6 rings (SSSR count). The van der Waals surface area contributed by atoms with Crippen LogP contribution in [0.25, 0.3) is 17.0 Å². The summed E-state index contributed by atoms with van der Waals surface area (Å²) >= 11 is 0. The third kappa shape index (κ3) is 4.98. The largest absolute Gasteiger partial charge is 0.489 e. The van der Waals surface area contributed by atoms with Crippen LogP contribution in [0.5, 0.6) is 11.5 Å². The smallest absolute Gasteiger partial charge is 0.306 e. The number of nitrogens with zero attached hydrogens (tertiary/aromatic N) is 3. The van der Waals surface area contributed by atoms with Crippen LogP contribution in [-0.2, 0) is 17.9 Å². The lowest BCUT2D eigenvalue weighted by molar-refractivity contribution is -0.143. The summed E-state index contributed by atoms with van der Waals surface area (Å²) in [5.74, 6) is 1.56. The van der Waals surface area contributed by atoms with Gasteiger partial charge in [-0.15, -0.1) is 0 Å². The van der Waals surface area contributed by atoms with E-state index in [9.17, 15) is 9.90 Å². The number of carbonyl (C=O) groups is 1. The molecule has 7 nitrogen and oxygen atoms in total. The number of hydrogen-bond donors (Lipinski definition) is 1. The van der Waals surface area contributed by atoms with Crippen molar-refractivity contribution in [2.24, 2.45) is 11.8 Å². The highest BCUT2D eigenvalue weighted by atomic mass is 16.5. The molecule has 3 aromatic rings. The van der Waals surface area contributed by atoms with Gasteiger partial charge >= 0.3 is 5.97 Å². The van der Waals surface area contributed by atoms with Gasteiger partial charge in [0.2, 0.25) is 0 Å². The molecule has 1 saturated carbocycles. The molecule has 7 heteroatoms. The first kappa shape index (κ1) is 23.1. The van der Waals surface area contributed by atoms with E-state index < -0.39 is 5.97 Å². The van der Waals surface area contributed by atoms with Gasteiger partial charge < -0.3 is 14.6 Å². The maximum atomic E-state index is 11.2. The molecule has 3 heterocycles. The Morgan fingerprint density at radius 2 is 1.97 bits per heavy atom. The van der Waals surface area contributed by atoms with Crippen LogP contribution in [0, 0.1) is 18.8 Å². The lowest BCUT2D eigenvalue weighted by Gasteiger charge is -2.31. The second-order valence-corrected chi connectivity index (χ2v) is 10.5. The highest BCUT2D eigenvalue weighted by molar-refractivity contribution is 5.82. The fourth-order valence-electron chi connectivity index (χ4n) is 5.32. The Kier molecular flexibility index (Phi) is 6.17. The quantitative estimate of drug-likeness (QED) is 0.487. The summed E-state index contributed by atoms with van der Waals surface area (Å²) in [6.45, 7) is 6.61. The summed E-state index contributed by atoms with van der Waals surface area (Å²) in [7, 11) is 0. The summed E-state index contributed by atoms with van der Waals surface area (Å²) in [4.78, 5) is 13.5. The monoisotopic (exact) mass is 487 g/mol. The van der Waals surface area contributed by atoms with Crippen molar-refractivity contribution in [2.45, 2.75) is 45.8 Å². The summed E-state index contributed by atoms with van der Waals surface area (Å²) in [5.41, 5.74) is 5.69. The summed E-state index contributed by atoms with van der Waals surface area (Å²) in [6.07, 6.45) is 6.27. The lowest BCUT2D eigenvalue weighted by Crippen LogP contribution is -2.38. The average Bonchev–Trinajstić information content (AvgIpc) is 3.65. The number of piperidine rings is 1. The van der Waals surface area contributed by atoms with Crippen molar-refractivity contribution < 1.29 is 19.4 Å². The van der Waals surface area contributed by atoms with Gasteiger partial charge in [0.1, 0.15) is 24.7 Å². The van der Waals surface area contributed by atoms with Crippen LogP contribution in [0.2, 0.25) is 0 Å². The van der Waals surface area contributed by atoms with Crippen molar-refractivity contribution in [2.75, 3.05) is 26.2 Å². The molecular weight excluding hydrogens is 454 g/mol. The maximum absolute atomic E-state index is 11.2. The maximum Gasteiger partial charge on any atom is 0.306 e. The molecule has 1 aliphatic carbocycles. The second kappa shape index (κ2) is 9.62. The van der Waals surface area contributed by atoms with Crippen LogP contribution in [-0.4, -0.2) is 52.0 Å². The first-order valence-corrected chi connectivity index (χ1v) is 13.0. The molecule has 36 heavy (non-hydrogen) atoms. The Bertz CT molecular complexity index is 1320. The Labute approximate surface area is 211 Å². The molecule has 2 aliphatic heterocycles. The fourth-order valence-corrected chi connectivity index (χ4v) is 5.32. The van der Waals surface area contributed by atoms with Gasteiger partial charge in [0.15, 0.2) is 0 Å². The van der Waals surface area contributed by atoms with Crippen LogP contribution < -0.4 is 9.47 Å². The van der Waals surface area contributed by atoms with E-state index in [1.807, 2.05) is 12.1 Å². The number of fused-ring (bicyclic) bond motifs is 2. The van der Waals surface area contributed by atoms with E-state index >= 15 is 0 Å². The van der Waals surface area contributed by atoms with Crippen molar-refractivity contribution in [1.82, 2.24) is 14.7 Å². The van der Waals surface area contributed by atoms with Gasteiger partial charge in [0.05, 0.1) is 17.1 Å². The second-order valence-electron chi connectivity index (χ2n) is 10.5. The summed E-state index contributed by atoms with van der Waals surface area (Å²) in [5, 5.41) is 15.2. The zero-order valence-electron chi connectivity index (χ0n) is 20.8. The standard InChI is InChI=1S/C29H33N3O4/c1-19-26-13-21(4-7-27(26)32(30-19)16-20-2-3-20)17-35-25-6-5-24-12-22(18-36-28(24)14-25)15-31-10-8-23(9-11-31)29(33)34/h4-7,12-14,20,23H,2-3,8-11,15-18H2,1H3,(H,33,34). The average molecular weight is 488 g/mol. The van der Waals surface area contributed by atoms with E-state index in [4.69, 9.17) is 14.6 Å². The van der Waals surface area contributed by atoms with E-state index in [0.29, 0.717) is 13.2 Å². The van der Waals surface area contributed by atoms with Gasteiger partial charge in [0, 0.05) is 30.1 Å². The number of benzene rings is 2. The molecule has 1 N–H and O–H groups in total. The van der Waals surface area contributed by atoms with E-state index in [0.717, 1.165) is 73.3 Å². The number of hydrogen-bond acceptors (Lipinski definition) is 5. The summed E-state index contributed by atoms with van der Waals surface area (Å²) in [6, 6.07) is 12.5. The molecule has 0 atom stereocenters. The topological polar surface area (TPSA) is 76.8 Å². The van der Waals surface area contributed by atoms with Crippen LogP contribution in [0.4, 0.5) is 0 Å². The van der Waals surface area contributed by atoms with Gasteiger partial charge in [-0.3, -0.25) is 14.4 Å². The van der Waals surface area contributed by atoms with Gasteiger partial charge in [-0.05, 0) is 93.1 Å². The molecule has 0 bridgehead atoms. The normalized spacial score (nSPS) is 18.5. The fraction of sp³-hybridized carbons (Fsp3) is 0.448. The van der Waals surface area contributed by atoms with Crippen molar-refractivity contribution in [3.8, 4) is 11.5 Å². The minimum Gasteiger partial charge on any atom is -0.489 e. The van der Waals surface area contributed by atoms with Gasteiger partial charge in [-0.25, -0.2) is 0 Å². The zero-order chi connectivity index (χ0) is 24.6. The molecule has 0 amide bonds. The van der Waals surface area contributed by atoms with E-state index in [1.165, 1.54) is 29.3 Å². The van der Waals surface area contributed by atoms with Gasteiger partial charge in [0.25, 0.3) is 0 Å². The van der Waals surface area contributed by atoms with Crippen molar-refractivity contribution >= 4 is 22.9 Å². The Balaban J connectivity index is 1.07. The molecule has 0 unspecified atom stereocenters. The van der Waals surface area contributed by atoms with Crippen molar-refractivity contribution in [3.05, 3.63) is 58.8 Å². The number of carboxylic acids is 1. The molecule has 188 valence electrons. The number of ether oxygens (including phenoxy) is 2. The van der Waals surface area contributed by atoms with E-state index in [-0.39, 0.29) is 5.92 Å². The minimum absolute atomic E-state index is 0.201. The Morgan fingerprint density at radius 3 is 2.75 bits per heavy atom. The van der Waals surface area contributed by atoms with Crippen LogP contribution in [0.15, 0.2) is 42.0 Å². The number of aromatic nitrogens is 2. The van der Waals surface area contributed by atoms with Crippen LogP contribution in [0.3, 0.4) is 0 Å². The molecule has 1 saturated heterocycles. The molecule has 2 aromatic carbocycles. The lowest BCUT2D eigenvalue weighted by atomic mass is 9.96. The highest BCUT2D eigenvalue weighted by Crippen LogP contribution is 2.33. The van der Waals surface area contributed by atoms with Crippen molar-refractivity contribution in [3.63, 3.8) is 0 Å². The van der Waals surface area contributed by atoms with Gasteiger partial charge in [-0.1, -0.05) is 6.07 Å².